The summed E-state index contributed by atoms with van der Waals surface area (Å²) >= 11 is 0. The number of para-hydroxylation sites is 1. The molecule has 0 unspecified atom stereocenters. The molecule has 1 aromatic carbocycles. The Kier molecular flexibility index (Phi) is 3.52. The highest BCUT2D eigenvalue weighted by molar-refractivity contribution is 5.83. The Bertz CT molecular complexity index is 459. The molecule has 0 aliphatic heterocycles. The summed E-state index contributed by atoms with van der Waals surface area (Å²) in [6.07, 6.45) is 4.13. The lowest BCUT2D eigenvalue weighted by atomic mass is 10.1. The molecular formula is C14H18NO+. The minimum atomic E-state index is 0.766. The third-order valence-corrected chi connectivity index (χ3v) is 2.75. The maximum absolute atomic E-state index is 5.41. The number of aromatic nitrogens is 1. The lowest BCUT2D eigenvalue weighted by molar-refractivity contribution is 0.198. The van der Waals surface area contributed by atoms with Gasteiger partial charge in [0, 0.05) is 30.6 Å². The Morgan fingerprint density at radius 1 is 1.31 bits per heavy atom. The summed E-state index contributed by atoms with van der Waals surface area (Å²) in [5.41, 5.74) is 2.65. The number of rotatable bonds is 5. The highest BCUT2D eigenvalue weighted by Crippen LogP contribution is 2.20. The van der Waals surface area contributed by atoms with Crippen LogP contribution in [0.2, 0.25) is 0 Å². The van der Waals surface area contributed by atoms with E-state index in [4.69, 9.17) is 4.74 Å². The van der Waals surface area contributed by atoms with Crippen molar-refractivity contribution >= 4 is 10.9 Å². The lowest BCUT2D eigenvalue weighted by Gasteiger charge is -1.95. The SMILES string of the molecule is CC[CH+]OCCc1cn(C)c2ccccc12. The van der Waals surface area contributed by atoms with Crippen LogP contribution >= 0.6 is 0 Å². The van der Waals surface area contributed by atoms with Crippen molar-refractivity contribution in [1.29, 1.82) is 0 Å². The molecule has 0 aliphatic carbocycles. The number of fused-ring (bicyclic) bond motifs is 1. The van der Waals surface area contributed by atoms with Crippen LogP contribution in [-0.4, -0.2) is 11.2 Å². The first-order valence-electron chi connectivity index (χ1n) is 5.79. The molecule has 0 amide bonds. The van der Waals surface area contributed by atoms with E-state index in [-0.39, 0.29) is 0 Å². The van der Waals surface area contributed by atoms with Gasteiger partial charge in [0.25, 0.3) is 0 Å². The second kappa shape index (κ2) is 5.08. The van der Waals surface area contributed by atoms with Gasteiger partial charge < -0.3 is 4.57 Å². The highest BCUT2D eigenvalue weighted by Gasteiger charge is 2.06. The van der Waals surface area contributed by atoms with Crippen LogP contribution in [-0.2, 0) is 18.2 Å². The second-order valence-electron chi connectivity index (χ2n) is 3.98. The van der Waals surface area contributed by atoms with Crippen LogP contribution in [0.25, 0.3) is 10.9 Å². The first kappa shape index (κ1) is 11.1. The Morgan fingerprint density at radius 2 is 2.12 bits per heavy atom. The molecule has 0 atom stereocenters. The number of aryl methyl sites for hydroxylation is 1. The summed E-state index contributed by atoms with van der Waals surface area (Å²) in [4.78, 5) is 0. The summed E-state index contributed by atoms with van der Waals surface area (Å²) in [5, 5.41) is 1.34. The van der Waals surface area contributed by atoms with Gasteiger partial charge in [0.1, 0.15) is 13.0 Å². The van der Waals surface area contributed by atoms with Gasteiger partial charge in [0.05, 0.1) is 0 Å². The lowest BCUT2D eigenvalue weighted by Crippen LogP contribution is -1.95. The van der Waals surface area contributed by atoms with Crippen LogP contribution < -0.4 is 0 Å². The highest BCUT2D eigenvalue weighted by atomic mass is 16.5. The molecule has 84 valence electrons. The number of hydrogen-bond donors (Lipinski definition) is 0. The largest absolute Gasteiger partial charge is 0.350 e. The zero-order valence-corrected chi connectivity index (χ0v) is 9.94. The second-order valence-corrected chi connectivity index (χ2v) is 3.98. The number of nitrogens with zero attached hydrogens (tertiary/aromatic N) is 1. The van der Waals surface area contributed by atoms with Crippen LogP contribution in [0.1, 0.15) is 18.9 Å². The molecule has 0 N–H and O–H groups in total. The van der Waals surface area contributed by atoms with Gasteiger partial charge in [-0.3, -0.25) is 0 Å². The normalized spacial score (nSPS) is 10.9. The zero-order valence-electron chi connectivity index (χ0n) is 9.94. The molecule has 0 spiro atoms. The van der Waals surface area contributed by atoms with E-state index in [2.05, 4.69) is 49.0 Å². The molecule has 2 nitrogen and oxygen atoms in total. The minimum Gasteiger partial charge on any atom is -0.350 e. The van der Waals surface area contributed by atoms with E-state index in [0.717, 1.165) is 19.4 Å². The standard InChI is InChI=1S/C14H18NO/c1-3-9-16-10-8-12-11-15(2)14-7-5-4-6-13(12)14/h4-7,9,11H,3,8,10H2,1-2H3/q+1. The first-order chi connectivity index (χ1) is 7.83. The van der Waals surface area contributed by atoms with Gasteiger partial charge in [-0.1, -0.05) is 18.2 Å². The monoisotopic (exact) mass is 216 g/mol. The Hall–Kier alpha value is -1.41. The molecule has 0 aliphatic rings. The van der Waals surface area contributed by atoms with E-state index in [1.807, 2.05) is 6.61 Å². The fourth-order valence-electron chi connectivity index (χ4n) is 1.99. The van der Waals surface area contributed by atoms with Crippen molar-refractivity contribution in [2.24, 2.45) is 7.05 Å². The molecule has 2 rings (SSSR count). The maximum Gasteiger partial charge on any atom is 0.226 e. The average Bonchev–Trinajstić information content (AvgIpc) is 2.63. The molecule has 0 saturated heterocycles. The summed E-state index contributed by atoms with van der Waals surface area (Å²) in [6, 6.07) is 8.49. The van der Waals surface area contributed by atoms with Crippen LogP contribution in [0.5, 0.6) is 0 Å². The van der Waals surface area contributed by atoms with E-state index < -0.39 is 0 Å². The van der Waals surface area contributed by atoms with Gasteiger partial charge >= 0.3 is 0 Å². The molecule has 0 bridgehead atoms. The smallest absolute Gasteiger partial charge is 0.226 e. The van der Waals surface area contributed by atoms with Crippen LogP contribution in [0.3, 0.4) is 0 Å². The van der Waals surface area contributed by atoms with Gasteiger partial charge in [-0.05, 0) is 18.6 Å². The van der Waals surface area contributed by atoms with Gasteiger partial charge in [0.15, 0.2) is 0 Å². The van der Waals surface area contributed by atoms with Gasteiger partial charge in [-0.2, -0.15) is 4.74 Å². The summed E-state index contributed by atoms with van der Waals surface area (Å²) in [7, 11) is 2.09. The van der Waals surface area contributed by atoms with Crippen LogP contribution in [0.4, 0.5) is 0 Å². The van der Waals surface area contributed by atoms with Gasteiger partial charge in [0.2, 0.25) is 6.61 Å². The number of hydrogen-bond acceptors (Lipinski definition) is 1. The molecule has 0 saturated carbocycles. The van der Waals surface area contributed by atoms with E-state index in [0.29, 0.717) is 0 Å². The van der Waals surface area contributed by atoms with Crippen molar-refractivity contribution in [3.05, 3.63) is 42.6 Å². The molecule has 16 heavy (non-hydrogen) atoms. The van der Waals surface area contributed by atoms with E-state index in [1.165, 1.54) is 16.5 Å². The quantitative estimate of drug-likeness (QED) is 0.552. The predicted molar refractivity (Wildman–Crippen MR) is 67.2 cm³/mol. The minimum absolute atomic E-state index is 0.766. The third-order valence-electron chi connectivity index (χ3n) is 2.75. The van der Waals surface area contributed by atoms with E-state index in [9.17, 15) is 0 Å². The van der Waals surface area contributed by atoms with Crippen LogP contribution in [0.15, 0.2) is 30.5 Å². The van der Waals surface area contributed by atoms with Crippen molar-refractivity contribution in [3.8, 4) is 0 Å². The predicted octanol–water partition coefficient (Wildman–Crippen LogP) is 3.31. The van der Waals surface area contributed by atoms with Gasteiger partial charge in [-0.15, -0.1) is 0 Å². The van der Waals surface area contributed by atoms with Gasteiger partial charge in [-0.25, -0.2) is 0 Å². The van der Waals surface area contributed by atoms with Crippen molar-refractivity contribution in [2.45, 2.75) is 19.8 Å². The molecule has 0 fully saturated rings. The van der Waals surface area contributed by atoms with Crippen LogP contribution in [0, 0.1) is 6.61 Å². The number of benzene rings is 1. The summed E-state index contributed by atoms with van der Waals surface area (Å²) < 4.78 is 7.59. The molecular weight excluding hydrogens is 198 g/mol. The first-order valence-corrected chi connectivity index (χ1v) is 5.79. The molecule has 2 heteroatoms. The Morgan fingerprint density at radius 3 is 2.94 bits per heavy atom. The summed E-state index contributed by atoms with van der Waals surface area (Å²) in [6.45, 7) is 4.71. The third kappa shape index (κ3) is 2.22. The summed E-state index contributed by atoms with van der Waals surface area (Å²) in [5.74, 6) is 0. The molecule has 2 aromatic rings. The van der Waals surface area contributed by atoms with Crippen molar-refractivity contribution in [2.75, 3.05) is 6.61 Å². The molecule has 0 radical (unpaired) electrons. The topological polar surface area (TPSA) is 14.2 Å². The van der Waals surface area contributed by atoms with Crippen molar-refractivity contribution < 1.29 is 4.74 Å². The average molecular weight is 216 g/mol. The Labute approximate surface area is 96.8 Å². The number of ether oxygens (including phenoxy) is 1. The van der Waals surface area contributed by atoms with Crippen molar-refractivity contribution in [1.82, 2.24) is 4.57 Å². The zero-order chi connectivity index (χ0) is 11.4. The fourth-order valence-corrected chi connectivity index (χ4v) is 1.99. The van der Waals surface area contributed by atoms with Crippen molar-refractivity contribution in [3.63, 3.8) is 0 Å². The van der Waals surface area contributed by atoms with E-state index in [1.54, 1.807) is 0 Å². The molecule has 1 heterocycles. The molecule has 1 aromatic heterocycles. The fraction of sp³-hybridized carbons (Fsp3) is 0.357. The maximum atomic E-state index is 5.41. The Balaban J connectivity index is 2.12. The van der Waals surface area contributed by atoms with E-state index >= 15 is 0 Å².